The smallest absolute Gasteiger partial charge is 0.257 e. The maximum absolute atomic E-state index is 11.7. The van der Waals surface area contributed by atoms with Crippen molar-refractivity contribution >= 4 is 5.91 Å². The number of hydrogen-bond acceptors (Lipinski definition) is 2. The van der Waals surface area contributed by atoms with Crippen LogP contribution in [0, 0.1) is 13.8 Å². The molecule has 0 aromatic heterocycles. The summed E-state index contributed by atoms with van der Waals surface area (Å²) in [6.45, 7) is 4.78. The molecule has 0 aliphatic carbocycles. The van der Waals surface area contributed by atoms with Gasteiger partial charge in [-0.2, -0.15) is 0 Å². The molecule has 0 aliphatic heterocycles. The Labute approximate surface area is 132 Å². The molecule has 0 aliphatic rings. The van der Waals surface area contributed by atoms with Crippen LogP contribution in [-0.4, -0.2) is 19.1 Å². The van der Waals surface area contributed by atoms with Crippen LogP contribution in [0.25, 0.3) is 0 Å². The summed E-state index contributed by atoms with van der Waals surface area (Å²) in [4.78, 5) is 11.7. The molecule has 0 radical (unpaired) electrons. The van der Waals surface area contributed by atoms with Gasteiger partial charge in [-0.1, -0.05) is 48.0 Å². The van der Waals surface area contributed by atoms with Crippen LogP contribution in [0.3, 0.4) is 0 Å². The van der Waals surface area contributed by atoms with Crippen LogP contribution in [0.15, 0.2) is 48.5 Å². The van der Waals surface area contributed by atoms with Gasteiger partial charge < -0.3 is 10.1 Å². The lowest BCUT2D eigenvalue weighted by atomic mass is 10.1. The first kappa shape index (κ1) is 16.1. The van der Waals surface area contributed by atoms with E-state index in [-0.39, 0.29) is 12.5 Å². The number of rotatable bonds is 7. The number of carbonyl (C=O) groups is 1. The minimum absolute atomic E-state index is 0.0649. The van der Waals surface area contributed by atoms with Crippen molar-refractivity contribution in [2.24, 2.45) is 0 Å². The van der Waals surface area contributed by atoms with E-state index in [9.17, 15) is 4.79 Å². The Morgan fingerprint density at radius 3 is 2.50 bits per heavy atom. The zero-order valence-electron chi connectivity index (χ0n) is 13.3. The Kier molecular flexibility index (Phi) is 6.01. The molecule has 2 aromatic rings. The lowest BCUT2D eigenvalue weighted by Crippen LogP contribution is -2.30. The van der Waals surface area contributed by atoms with Crippen LogP contribution in [0.4, 0.5) is 0 Å². The molecule has 22 heavy (non-hydrogen) atoms. The van der Waals surface area contributed by atoms with Gasteiger partial charge in [0, 0.05) is 6.54 Å². The van der Waals surface area contributed by atoms with E-state index in [0.717, 1.165) is 24.2 Å². The number of nitrogens with one attached hydrogen (secondary N) is 1. The molecule has 0 spiro atoms. The lowest BCUT2D eigenvalue weighted by molar-refractivity contribution is -0.123. The van der Waals surface area contributed by atoms with Gasteiger partial charge in [-0.05, 0) is 43.9 Å². The van der Waals surface area contributed by atoms with Crippen LogP contribution in [0.5, 0.6) is 5.75 Å². The molecule has 1 N–H and O–H groups in total. The minimum atomic E-state index is -0.0767. The predicted octanol–water partition coefficient (Wildman–Crippen LogP) is 3.43. The molecule has 116 valence electrons. The fraction of sp³-hybridized carbons (Fsp3) is 0.316. The summed E-state index contributed by atoms with van der Waals surface area (Å²) in [7, 11) is 0. The molecule has 0 saturated heterocycles. The first-order chi connectivity index (χ1) is 10.6. The van der Waals surface area contributed by atoms with E-state index in [4.69, 9.17) is 4.74 Å². The third-order valence-electron chi connectivity index (χ3n) is 3.54. The molecule has 3 nitrogen and oxygen atoms in total. The molecule has 0 unspecified atom stereocenters. The topological polar surface area (TPSA) is 38.3 Å². The second-order valence-electron chi connectivity index (χ2n) is 5.49. The lowest BCUT2D eigenvalue weighted by Gasteiger charge is -2.09. The van der Waals surface area contributed by atoms with Gasteiger partial charge in [-0.15, -0.1) is 0 Å². The summed E-state index contributed by atoms with van der Waals surface area (Å²) in [5, 5.41) is 2.89. The maximum Gasteiger partial charge on any atom is 0.257 e. The fourth-order valence-electron chi connectivity index (χ4n) is 2.19. The van der Waals surface area contributed by atoms with Crippen LogP contribution in [-0.2, 0) is 11.2 Å². The average Bonchev–Trinajstić information content (AvgIpc) is 2.52. The number of benzene rings is 2. The van der Waals surface area contributed by atoms with Crippen molar-refractivity contribution in [3.63, 3.8) is 0 Å². The Bertz CT molecular complexity index is 605. The highest BCUT2D eigenvalue weighted by Gasteiger charge is 2.03. The number of aryl methyl sites for hydroxylation is 3. The predicted molar refractivity (Wildman–Crippen MR) is 89.2 cm³/mol. The molecule has 0 fully saturated rings. The molecule has 2 rings (SSSR count). The van der Waals surface area contributed by atoms with E-state index in [2.05, 4.69) is 36.5 Å². The van der Waals surface area contributed by atoms with Gasteiger partial charge in [0.1, 0.15) is 5.75 Å². The summed E-state index contributed by atoms with van der Waals surface area (Å²) in [5.41, 5.74) is 3.61. The van der Waals surface area contributed by atoms with E-state index < -0.39 is 0 Å². The number of para-hydroxylation sites is 1. The Morgan fingerprint density at radius 2 is 1.77 bits per heavy atom. The minimum Gasteiger partial charge on any atom is -0.484 e. The monoisotopic (exact) mass is 297 g/mol. The second-order valence-corrected chi connectivity index (χ2v) is 5.49. The molecule has 0 atom stereocenters. The first-order valence-electron chi connectivity index (χ1n) is 7.66. The van der Waals surface area contributed by atoms with E-state index in [0.29, 0.717) is 6.54 Å². The van der Waals surface area contributed by atoms with Crippen molar-refractivity contribution < 1.29 is 9.53 Å². The Hall–Kier alpha value is -2.29. The summed E-state index contributed by atoms with van der Waals surface area (Å²) in [6, 6.07) is 16.2. The average molecular weight is 297 g/mol. The van der Waals surface area contributed by atoms with E-state index in [1.54, 1.807) is 0 Å². The van der Waals surface area contributed by atoms with Gasteiger partial charge >= 0.3 is 0 Å². The molecule has 1 amide bonds. The van der Waals surface area contributed by atoms with Crippen molar-refractivity contribution in [1.29, 1.82) is 0 Å². The normalized spacial score (nSPS) is 10.3. The number of amides is 1. The standard InChI is InChI=1S/C19H23NO2/c1-15-9-11-17(12-10-15)7-5-13-20-19(21)14-22-18-8-4-3-6-16(18)2/h3-4,6,8-12H,5,7,13-14H2,1-2H3,(H,20,21). The molecule has 0 bridgehead atoms. The molecule has 0 saturated carbocycles. The Balaban J connectivity index is 1.64. The second kappa shape index (κ2) is 8.23. The third kappa shape index (κ3) is 5.24. The van der Waals surface area contributed by atoms with Crippen LogP contribution in [0.2, 0.25) is 0 Å². The number of carbonyl (C=O) groups excluding carboxylic acids is 1. The highest BCUT2D eigenvalue weighted by atomic mass is 16.5. The number of ether oxygens (including phenoxy) is 1. The van der Waals surface area contributed by atoms with Crippen molar-refractivity contribution in [2.45, 2.75) is 26.7 Å². The quantitative estimate of drug-likeness (QED) is 0.795. The molecule has 0 heterocycles. The van der Waals surface area contributed by atoms with Gasteiger partial charge in [0.15, 0.2) is 6.61 Å². The molecule has 2 aromatic carbocycles. The summed E-state index contributed by atoms with van der Waals surface area (Å²) in [6.07, 6.45) is 1.90. The molecular weight excluding hydrogens is 274 g/mol. The zero-order chi connectivity index (χ0) is 15.8. The largest absolute Gasteiger partial charge is 0.484 e. The molecular formula is C19H23NO2. The SMILES string of the molecule is Cc1ccc(CCCNC(=O)COc2ccccc2C)cc1. The Morgan fingerprint density at radius 1 is 1.05 bits per heavy atom. The van der Waals surface area contributed by atoms with Gasteiger partial charge in [-0.25, -0.2) is 0 Å². The fourth-order valence-corrected chi connectivity index (χ4v) is 2.19. The van der Waals surface area contributed by atoms with Crippen molar-refractivity contribution in [1.82, 2.24) is 5.32 Å². The summed E-state index contributed by atoms with van der Waals surface area (Å²) < 4.78 is 5.52. The van der Waals surface area contributed by atoms with Crippen LogP contribution in [0.1, 0.15) is 23.1 Å². The van der Waals surface area contributed by atoms with Crippen molar-refractivity contribution in [3.8, 4) is 5.75 Å². The van der Waals surface area contributed by atoms with Gasteiger partial charge in [-0.3, -0.25) is 4.79 Å². The van der Waals surface area contributed by atoms with Crippen LogP contribution >= 0.6 is 0 Å². The maximum atomic E-state index is 11.7. The van der Waals surface area contributed by atoms with E-state index >= 15 is 0 Å². The van der Waals surface area contributed by atoms with E-state index in [1.165, 1.54) is 11.1 Å². The summed E-state index contributed by atoms with van der Waals surface area (Å²) >= 11 is 0. The van der Waals surface area contributed by atoms with Gasteiger partial charge in [0.25, 0.3) is 5.91 Å². The highest BCUT2D eigenvalue weighted by Crippen LogP contribution is 2.15. The third-order valence-corrected chi connectivity index (χ3v) is 3.54. The summed E-state index contributed by atoms with van der Waals surface area (Å²) in [5.74, 6) is 0.685. The van der Waals surface area contributed by atoms with Crippen molar-refractivity contribution in [3.05, 3.63) is 65.2 Å². The van der Waals surface area contributed by atoms with Gasteiger partial charge in [0.05, 0.1) is 0 Å². The highest BCUT2D eigenvalue weighted by molar-refractivity contribution is 5.77. The molecule has 3 heteroatoms. The van der Waals surface area contributed by atoms with E-state index in [1.807, 2.05) is 31.2 Å². The first-order valence-corrected chi connectivity index (χ1v) is 7.66. The van der Waals surface area contributed by atoms with Crippen molar-refractivity contribution in [2.75, 3.05) is 13.2 Å². The van der Waals surface area contributed by atoms with Crippen LogP contribution < -0.4 is 10.1 Å². The zero-order valence-corrected chi connectivity index (χ0v) is 13.3. The number of hydrogen-bond donors (Lipinski definition) is 1. The van der Waals surface area contributed by atoms with Gasteiger partial charge in [0.2, 0.25) is 0 Å².